The van der Waals surface area contributed by atoms with Crippen molar-refractivity contribution in [3.8, 4) is 0 Å². The average molecular weight is 332 g/mol. The molecule has 1 N–H and O–H groups in total. The minimum absolute atomic E-state index is 0.0386. The fourth-order valence-electron chi connectivity index (χ4n) is 2.73. The lowest BCUT2D eigenvalue weighted by Gasteiger charge is -2.35. The summed E-state index contributed by atoms with van der Waals surface area (Å²) in [5.41, 5.74) is 2.66. The number of hydrogen-bond donors (Lipinski definition) is 1. The molecule has 0 saturated carbocycles. The lowest BCUT2D eigenvalue weighted by atomic mass is 10.1. The van der Waals surface area contributed by atoms with Crippen LogP contribution in [0, 0.1) is 5.82 Å². The highest BCUT2D eigenvalue weighted by atomic mass is 19.1. The number of halogens is 1. The van der Waals surface area contributed by atoms with Gasteiger partial charge in [-0.1, -0.05) is 12.1 Å². The summed E-state index contributed by atoms with van der Waals surface area (Å²) in [4.78, 5) is 38.9. The molecule has 0 atom stereocenters. The number of nitrogens with one attached hydrogen (secondary N) is 1. The van der Waals surface area contributed by atoms with Gasteiger partial charge in [-0.3, -0.25) is 14.4 Å². The van der Waals surface area contributed by atoms with Gasteiger partial charge in [0.15, 0.2) is 0 Å². The SMILES string of the molecule is O=C1CCC(C(=O)N2CCN(C(=O)c3ccccc3F)CC2)=NN1. The summed E-state index contributed by atoms with van der Waals surface area (Å²) in [7, 11) is 0. The van der Waals surface area contributed by atoms with E-state index in [1.807, 2.05) is 0 Å². The molecule has 2 aliphatic rings. The van der Waals surface area contributed by atoms with Gasteiger partial charge in [-0.15, -0.1) is 0 Å². The lowest BCUT2D eigenvalue weighted by molar-refractivity contribution is -0.126. The average Bonchev–Trinajstić information content (AvgIpc) is 2.62. The molecule has 0 spiro atoms. The summed E-state index contributed by atoms with van der Waals surface area (Å²) < 4.78 is 13.7. The van der Waals surface area contributed by atoms with Crippen LogP contribution in [0.2, 0.25) is 0 Å². The fraction of sp³-hybridized carbons (Fsp3) is 0.375. The van der Waals surface area contributed by atoms with E-state index in [2.05, 4.69) is 10.5 Å². The highest BCUT2D eigenvalue weighted by Gasteiger charge is 2.29. The van der Waals surface area contributed by atoms with Crippen molar-refractivity contribution in [3.05, 3.63) is 35.6 Å². The van der Waals surface area contributed by atoms with E-state index in [9.17, 15) is 18.8 Å². The molecular weight excluding hydrogens is 315 g/mol. The van der Waals surface area contributed by atoms with Gasteiger partial charge >= 0.3 is 0 Å². The Balaban J connectivity index is 1.60. The molecule has 3 rings (SSSR count). The Labute approximate surface area is 138 Å². The number of hydrogen-bond acceptors (Lipinski definition) is 4. The number of carbonyl (C=O) groups excluding carboxylic acids is 3. The minimum atomic E-state index is -0.548. The Kier molecular flexibility index (Phi) is 4.54. The first-order chi connectivity index (χ1) is 11.6. The number of rotatable bonds is 2. The fourth-order valence-corrected chi connectivity index (χ4v) is 2.73. The molecule has 1 aromatic carbocycles. The highest BCUT2D eigenvalue weighted by Crippen LogP contribution is 2.13. The van der Waals surface area contributed by atoms with E-state index >= 15 is 0 Å². The van der Waals surface area contributed by atoms with Gasteiger partial charge < -0.3 is 9.80 Å². The Hall–Kier alpha value is -2.77. The van der Waals surface area contributed by atoms with E-state index in [1.165, 1.54) is 23.1 Å². The van der Waals surface area contributed by atoms with Gasteiger partial charge in [-0.25, -0.2) is 9.82 Å². The lowest BCUT2D eigenvalue weighted by Crippen LogP contribution is -2.52. The number of benzene rings is 1. The summed E-state index contributed by atoms with van der Waals surface area (Å²) in [6.07, 6.45) is 0.565. The molecule has 1 fully saturated rings. The summed E-state index contributed by atoms with van der Waals surface area (Å²) in [5, 5.41) is 3.79. The summed E-state index contributed by atoms with van der Waals surface area (Å²) in [6.45, 7) is 1.37. The predicted octanol–water partition coefficient (Wildman–Crippen LogP) is 0.376. The van der Waals surface area contributed by atoms with Crippen LogP contribution in [-0.4, -0.2) is 59.4 Å². The van der Waals surface area contributed by atoms with Crippen molar-refractivity contribution in [2.75, 3.05) is 26.2 Å². The van der Waals surface area contributed by atoms with E-state index in [-0.39, 0.29) is 29.7 Å². The van der Waals surface area contributed by atoms with E-state index in [0.29, 0.717) is 38.3 Å². The van der Waals surface area contributed by atoms with Gasteiger partial charge in [-0.2, -0.15) is 5.10 Å². The van der Waals surface area contributed by atoms with Crippen molar-refractivity contribution < 1.29 is 18.8 Å². The van der Waals surface area contributed by atoms with Crippen molar-refractivity contribution in [2.45, 2.75) is 12.8 Å². The summed E-state index contributed by atoms with van der Waals surface area (Å²) in [5.74, 6) is -1.35. The van der Waals surface area contributed by atoms with Crippen LogP contribution in [-0.2, 0) is 9.59 Å². The van der Waals surface area contributed by atoms with Crippen molar-refractivity contribution >= 4 is 23.4 Å². The van der Waals surface area contributed by atoms with E-state index in [1.54, 1.807) is 11.0 Å². The van der Waals surface area contributed by atoms with Crippen LogP contribution in [0.1, 0.15) is 23.2 Å². The molecule has 2 aliphatic heterocycles. The van der Waals surface area contributed by atoms with Crippen molar-refractivity contribution in [1.29, 1.82) is 0 Å². The smallest absolute Gasteiger partial charge is 0.270 e. The molecule has 0 bridgehead atoms. The molecule has 24 heavy (non-hydrogen) atoms. The van der Waals surface area contributed by atoms with Crippen LogP contribution < -0.4 is 5.43 Å². The van der Waals surface area contributed by atoms with Crippen LogP contribution in [0.4, 0.5) is 4.39 Å². The number of hydrazone groups is 1. The Morgan fingerprint density at radius 3 is 2.21 bits per heavy atom. The van der Waals surface area contributed by atoms with Crippen LogP contribution in [0.3, 0.4) is 0 Å². The monoisotopic (exact) mass is 332 g/mol. The van der Waals surface area contributed by atoms with Gasteiger partial charge in [0, 0.05) is 39.0 Å². The van der Waals surface area contributed by atoms with Crippen molar-refractivity contribution in [2.24, 2.45) is 5.10 Å². The number of carbonyl (C=O) groups is 3. The zero-order valence-electron chi connectivity index (χ0n) is 13.0. The Bertz CT molecular complexity index is 711. The second kappa shape index (κ2) is 6.77. The van der Waals surface area contributed by atoms with Gasteiger partial charge in [0.05, 0.1) is 5.56 Å². The molecule has 8 heteroatoms. The zero-order valence-corrected chi connectivity index (χ0v) is 13.0. The molecular formula is C16H17FN4O3. The van der Waals surface area contributed by atoms with Crippen LogP contribution >= 0.6 is 0 Å². The summed E-state index contributed by atoms with van der Waals surface area (Å²) in [6, 6.07) is 5.86. The first-order valence-corrected chi connectivity index (χ1v) is 7.75. The van der Waals surface area contributed by atoms with Crippen LogP contribution in [0.25, 0.3) is 0 Å². The third-order valence-electron chi connectivity index (χ3n) is 4.11. The second-order valence-corrected chi connectivity index (χ2v) is 5.66. The van der Waals surface area contributed by atoms with Gasteiger partial charge in [0.25, 0.3) is 11.8 Å². The first-order valence-electron chi connectivity index (χ1n) is 7.75. The molecule has 1 aromatic rings. The van der Waals surface area contributed by atoms with Crippen molar-refractivity contribution in [1.82, 2.24) is 15.2 Å². The standard InChI is InChI=1S/C16H17FN4O3/c17-12-4-2-1-3-11(12)15(23)20-7-9-21(10-8-20)16(24)13-5-6-14(22)19-18-13/h1-4H,5-10H2,(H,19,22). The van der Waals surface area contributed by atoms with Crippen LogP contribution in [0.15, 0.2) is 29.4 Å². The maximum Gasteiger partial charge on any atom is 0.270 e. The normalized spacial score (nSPS) is 18.0. The van der Waals surface area contributed by atoms with Gasteiger partial charge in [0.2, 0.25) is 5.91 Å². The molecule has 3 amide bonds. The largest absolute Gasteiger partial charge is 0.335 e. The molecule has 0 radical (unpaired) electrons. The molecule has 0 aliphatic carbocycles. The molecule has 0 unspecified atom stereocenters. The Morgan fingerprint density at radius 2 is 1.62 bits per heavy atom. The van der Waals surface area contributed by atoms with Crippen LogP contribution in [0.5, 0.6) is 0 Å². The maximum absolute atomic E-state index is 13.7. The zero-order chi connectivity index (χ0) is 17.1. The number of piperazine rings is 1. The van der Waals surface area contributed by atoms with E-state index in [0.717, 1.165) is 0 Å². The van der Waals surface area contributed by atoms with E-state index < -0.39 is 5.82 Å². The summed E-state index contributed by atoms with van der Waals surface area (Å²) >= 11 is 0. The molecule has 7 nitrogen and oxygen atoms in total. The van der Waals surface area contributed by atoms with Gasteiger partial charge in [-0.05, 0) is 12.1 Å². The second-order valence-electron chi connectivity index (χ2n) is 5.66. The third kappa shape index (κ3) is 3.27. The predicted molar refractivity (Wildman–Crippen MR) is 83.7 cm³/mol. The quantitative estimate of drug-likeness (QED) is 0.850. The van der Waals surface area contributed by atoms with Gasteiger partial charge in [0.1, 0.15) is 11.5 Å². The molecule has 0 aromatic heterocycles. The molecule has 2 heterocycles. The maximum atomic E-state index is 13.7. The third-order valence-corrected chi connectivity index (χ3v) is 4.11. The Morgan fingerprint density at radius 1 is 1.00 bits per heavy atom. The number of nitrogens with zero attached hydrogens (tertiary/aromatic N) is 3. The van der Waals surface area contributed by atoms with Crippen molar-refractivity contribution in [3.63, 3.8) is 0 Å². The first kappa shape index (κ1) is 16.1. The molecule has 126 valence electrons. The molecule has 1 saturated heterocycles. The minimum Gasteiger partial charge on any atom is -0.335 e. The topological polar surface area (TPSA) is 82.1 Å². The highest BCUT2D eigenvalue weighted by molar-refractivity contribution is 6.39. The van der Waals surface area contributed by atoms with E-state index in [4.69, 9.17) is 0 Å². The number of amides is 3.